The quantitative estimate of drug-likeness (QED) is 0.133. The van der Waals surface area contributed by atoms with E-state index in [4.69, 9.17) is 37.7 Å². The molecule has 1 aliphatic rings. The monoisotopic (exact) mass is 697 g/mol. The zero-order valence-corrected chi connectivity index (χ0v) is 28.8. The van der Waals surface area contributed by atoms with Crippen molar-refractivity contribution in [3.05, 3.63) is 122 Å². The van der Waals surface area contributed by atoms with Crippen LogP contribution in [-0.2, 0) is 27.3 Å². The predicted molar refractivity (Wildman–Crippen MR) is 191 cm³/mol. The fourth-order valence-electron chi connectivity index (χ4n) is 5.72. The summed E-state index contributed by atoms with van der Waals surface area (Å²) in [5, 5.41) is 1.05. The van der Waals surface area contributed by atoms with Crippen LogP contribution in [0.4, 0.5) is 5.69 Å². The minimum atomic E-state index is -0.825. The minimum absolute atomic E-state index is 0.209. The molecule has 49 heavy (non-hydrogen) atoms. The molecule has 10 nitrogen and oxygen atoms in total. The number of benzodiazepines with no additional fused rings is 1. The Hall–Kier alpha value is -5.15. The van der Waals surface area contributed by atoms with E-state index in [1.54, 1.807) is 69.2 Å². The molecule has 250 valence electrons. The molecule has 6 rings (SSSR count). The van der Waals surface area contributed by atoms with Crippen molar-refractivity contribution in [3.8, 4) is 5.75 Å². The van der Waals surface area contributed by atoms with E-state index in [1.807, 2.05) is 48.5 Å². The molecule has 1 N–H and O–H groups in total. The van der Waals surface area contributed by atoms with Crippen molar-refractivity contribution in [2.24, 2.45) is 4.99 Å². The van der Waals surface area contributed by atoms with Gasteiger partial charge in [0.15, 0.2) is 11.6 Å². The average Bonchev–Trinajstić information content (AvgIpc) is 3.36. The Labute approximate surface area is 292 Å². The maximum atomic E-state index is 14.5. The number of aryl methyl sites for hydroxylation is 1. The fraction of sp³-hybridized carbons (Fsp3) is 0.243. The zero-order chi connectivity index (χ0) is 34.9. The SMILES string of the molecule is COc1ccc(CN2C(=O)C(CCc3ccccc3Cl)N=C(c3cnc4[nH]c(=O)n(C(=C=O)OC(C)(C)C)c4c3)c3cc(Cl)ccc32)cc1. The highest BCUT2D eigenvalue weighted by Gasteiger charge is 2.33. The second-order valence-electron chi connectivity index (χ2n) is 12.5. The number of fused-ring (bicyclic) bond motifs is 2. The molecule has 0 aliphatic carbocycles. The van der Waals surface area contributed by atoms with Gasteiger partial charge in [0.1, 0.15) is 17.4 Å². The first-order valence-electron chi connectivity index (χ1n) is 15.6. The van der Waals surface area contributed by atoms with Gasteiger partial charge >= 0.3 is 5.69 Å². The van der Waals surface area contributed by atoms with Crippen LogP contribution in [0.2, 0.25) is 10.0 Å². The topological polar surface area (TPSA) is 119 Å². The number of ether oxygens (including phenoxy) is 2. The van der Waals surface area contributed by atoms with E-state index in [9.17, 15) is 14.4 Å². The van der Waals surface area contributed by atoms with E-state index in [-0.39, 0.29) is 29.5 Å². The van der Waals surface area contributed by atoms with Crippen molar-refractivity contribution in [2.75, 3.05) is 12.0 Å². The number of aromatic amines is 1. The summed E-state index contributed by atoms with van der Waals surface area (Å²) in [5.41, 5.74) is 3.00. The Morgan fingerprint density at radius 2 is 1.78 bits per heavy atom. The number of imidazole rings is 1. The van der Waals surface area contributed by atoms with Gasteiger partial charge in [0.05, 0.1) is 30.6 Å². The van der Waals surface area contributed by atoms with Crippen LogP contribution in [0.1, 0.15) is 49.4 Å². The smallest absolute Gasteiger partial charge is 0.335 e. The number of carbonyl (C=O) groups excluding carboxylic acids is 2. The van der Waals surface area contributed by atoms with Gasteiger partial charge in [-0.2, -0.15) is 0 Å². The van der Waals surface area contributed by atoms with Crippen molar-refractivity contribution in [1.82, 2.24) is 14.5 Å². The number of benzene rings is 3. The molecule has 0 fully saturated rings. The summed E-state index contributed by atoms with van der Waals surface area (Å²) in [4.78, 5) is 53.6. The molecular weight excluding hydrogens is 665 g/mol. The van der Waals surface area contributed by atoms with Gasteiger partial charge in [-0.25, -0.2) is 19.1 Å². The number of hydrogen-bond acceptors (Lipinski definition) is 7. The fourth-order valence-corrected chi connectivity index (χ4v) is 6.12. The van der Waals surface area contributed by atoms with Crippen molar-refractivity contribution >= 4 is 63.5 Å². The zero-order valence-electron chi connectivity index (χ0n) is 27.3. The number of H-pyrrole nitrogens is 1. The number of pyridine rings is 1. The average molecular weight is 699 g/mol. The van der Waals surface area contributed by atoms with E-state index in [1.165, 1.54) is 0 Å². The first-order valence-corrected chi connectivity index (χ1v) is 16.3. The third-order valence-corrected chi connectivity index (χ3v) is 8.59. The molecule has 0 saturated carbocycles. The Balaban J connectivity index is 1.52. The normalized spacial score (nSPS) is 14.6. The lowest BCUT2D eigenvalue weighted by atomic mass is 10.0. The molecule has 1 atom stereocenters. The Bertz CT molecular complexity index is 2190. The molecular formula is C37H33Cl2N5O5. The van der Waals surface area contributed by atoms with Crippen LogP contribution in [0.25, 0.3) is 17.0 Å². The van der Waals surface area contributed by atoms with Crippen LogP contribution in [0.5, 0.6) is 5.75 Å². The van der Waals surface area contributed by atoms with Gasteiger partial charge in [0.25, 0.3) is 11.8 Å². The highest BCUT2D eigenvalue weighted by molar-refractivity contribution is 6.32. The highest BCUT2D eigenvalue weighted by Crippen LogP contribution is 2.34. The second kappa shape index (κ2) is 13.8. The van der Waals surface area contributed by atoms with Crippen molar-refractivity contribution in [1.29, 1.82) is 0 Å². The van der Waals surface area contributed by atoms with Crippen LogP contribution in [0.3, 0.4) is 0 Å². The molecule has 3 heterocycles. The van der Waals surface area contributed by atoms with E-state index in [0.29, 0.717) is 51.2 Å². The third kappa shape index (κ3) is 7.17. The molecule has 3 aromatic carbocycles. The van der Waals surface area contributed by atoms with E-state index >= 15 is 0 Å². The summed E-state index contributed by atoms with van der Waals surface area (Å²) < 4.78 is 12.2. The van der Waals surface area contributed by atoms with Gasteiger partial charge in [-0.15, -0.1) is 0 Å². The van der Waals surface area contributed by atoms with Gasteiger partial charge in [0.2, 0.25) is 0 Å². The standard InChI is InChI=1S/C37H33Cl2N5O5/c1-37(2,3)49-32(21-45)44-31-17-24(19-40-34(31)42-36(44)47)33-27-18-25(38)12-16-30(27)43(20-22-9-13-26(48-4)14-10-22)35(46)29(41-33)15-11-23-7-5-6-8-28(23)39/h5-10,12-14,16-19,29H,11,15,20H2,1-4H3,(H,40,42,47). The summed E-state index contributed by atoms with van der Waals surface area (Å²) in [6, 6.07) is 21.2. The van der Waals surface area contributed by atoms with Gasteiger partial charge in [-0.3, -0.25) is 14.8 Å². The Morgan fingerprint density at radius 1 is 1.02 bits per heavy atom. The van der Waals surface area contributed by atoms with Gasteiger partial charge in [-0.1, -0.05) is 53.5 Å². The molecule has 1 aliphatic heterocycles. The van der Waals surface area contributed by atoms with Crippen LogP contribution >= 0.6 is 23.2 Å². The van der Waals surface area contributed by atoms with Crippen molar-refractivity contribution < 1.29 is 19.1 Å². The van der Waals surface area contributed by atoms with Crippen molar-refractivity contribution in [2.45, 2.75) is 51.8 Å². The number of nitrogens with zero attached hydrogens (tertiary/aromatic N) is 4. The number of carbonyl (C=O) groups is 1. The number of halogens is 2. The number of amides is 1. The van der Waals surface area contributed by atoms with E-state index in [0.717, 1.165) is 15.7 Å². The Kier molecular flexibility index (Phi) is 9.48. The lowest BCUT2D eigenvalue weighted by Gasteiger charge is -2.26. The van der Waals surface area contributed by atoms with Crippen LogP contribution in [0.15, 0.2) is 88.8 Å². The molecule has 5 aromatic rings. The van der Waals surface area contributed by atoms with Crippen molar-refractivity contribution in [3.63, 3.8) is 0 Å². The lowest BCUT2D eigenvalue weighted by molar-refractivity contribution is -0.120. The van der Waals surface area contributed by atoms with Crippen LogP contribution in [0, 0.1) is 0 Å². The lowest BCUT2D eigenvalue weighted by Crippen LogP contribution is -2.37. The molecule has 1 unspecified atom stereocenters. The second-order valence-corrected chi connectivity index (χ2v) is 13.4. The van der Waals surface area contributed by atoms with E-state index in [2.05, 4.69) is 9.97 Å². The molecule has 1 amide bonds. The number of anilines is 1. The molecule has 2 aromatic heterocycles. The number of nitrogens with one attached hydrogen (secondary N) is 1. The number of rotatable bonds is 9. The van der Waals surface area contributed by atoms with E-state index < -0.39 is 17.3 Å². The number of aromatic nitrogens is 3. The van der Waals surface area contributed by atoms with Gasteiger partial charge in [-0.05, 0) is 87.2 Å². The third-order valence-electron chi connectivity index (χ3n) is 7.99. The number of hydrogen-bond donors (Lipinski definition) is 1. The molecule has 0 spiro atoms. The molecule has 12 heteroatoms. The molecule has 0 saturated heterocycles. The number of methoxy groups -OCH3 is 1. The highest BCUT2D eigenvalue weighted by atomic mass is 35.5. The summed E-state index contributed by atoms with van der Waals surface area (Å²) in [7, 11) is 1.60. The van der Waals surface area contributed by atoms with Gasteiger partial charge in [0, 0.05) is 27.4 Å². The molecule has 0 bridgehead atoms. The largest absolute Gasteiger partial charge is 0.497 e. The number of aliphatic imine (C=N–C) groups is 1. The minimum Gasteiger partial charge on any atom is -0.497 e. The van der Waals surface area contributed by atoms with Crippen LogP contribution < -0.4 is 15.3 Å². The summed E-state index contributed by atoms with van der Waals surface area (Å²) in [6.07, 6.45) is 2.41. The maximum absolute atomic E-state index is 14.5. The maximum Gasteiger partial charge on any atom is 0.335 e. The summed E-state index contributed by atoms with van der Waals surface area (Å²) >= 11 is 13.1. The first kappa shape index (κ1) is 33.7. The first-order chi connectivity index (χ1) is 23.5. The molecule has 0 radical (unpaired) electrons. The van der Waals surface area contributed by atoms with Gasteiger partial charge < -0.3 is 14.4 Å². The van der Waals surface area contributed by atoms with Crippen LogP contribution in [-0.4, -0.2) is 50.8 Å². The summed E-state index contributed by atoms with van der Waals surface area (Å²) in [6.45, 7) is 5.53. The predicted octanol–water partition coefficient (Wildman–Crippen LogP) is 6.87. The summed E-state index contributed by atoms with van der Waals surface area (Å²) in [5.74, 6) is 1.93. The Morgan fingerprint density at radius 3 is 2.47 bits per heavy atom.